The number of halogens is 1. The molecule has 1 aliphatic rings. The van der Waals surface area contributed by atoms with E-state index >= 15 is 0 Å². The smallest absolute Gasteiger partial charge is 0.251 e. The lowest BCUT2D eigenvalue weighted by Crippen LogP contribution is -2.34. The zero-order valence-electron chi connectivity index (χ0n) is 22.8. The van der Waals surface area contributed by atoms with Gasteiger partial charge in [0, 0.05) is 41.5 Å². The average molecular weight is 526 g/mol. The van der Waals surface area contributed by atoms with Crippen molar-refractivity contribution in [3.05, 3.63) is 113 Å². The highest BCUT2D eigenvalue weighted by Crippen LogP contribution is 2.32. The molecule has 4 rings (SSSR count). The van der Waals surface area contributed by atoms with Crippen molar-refractivity contribution in [2.24, 2.45) is 5.73 Å². The quantitative estimate of drug-likeness (QED) is 0.310. The highest BCUT2D eigenvalue weighted by atomic mass is 19.1. The number of hydrogen-bond acceptors (Lipinski definition) is 3. The van der Waals surface area contributed by atoms with Crippen molar-refractivity contribution in [2.45, 2.75) is 52.6 Å². The van der Waals surface area contributed by atoms with Crippen LogP contribution in [0.1, 0.15) is 65.5 Å². The maximum absolute atomic E-state index is 14.9. The number of anilines is 1. The summed E-state index contributed by atoms with van der Waals surface area (Å²) in [6.45, 7) is 7.24. The van der Waals surface area contributed by atoms with Gasteiger partial charge in [-0.2, -0.15) is 0 Å². The first-order valence-electron chi connectivity index (χ1n) is 13.5. The fraction of sp³-hybridized carbons (Fsp3) is 0.273. The van der Waals surface area contributed by atoms with Gasteiger partial charge in [-0.3, -0.25) is 9.59 Å². The number of primary amides is 1. The standard InChI is InChI=1S/C33H36FN3O2/c1-4-5-6-10-22(2)23(3)36-33(39)26-15-17-31-25(20-26)11-9-18-37(31)21-27-19-24(14-16-30(27)34)28-12-7-8-13-29(28)32(35)38/h5-8,10,12-17,19-20,23H,4,9,11,18,21H2,1-3H3,(H2,35,38)(H,36,39)/b6-5-,22-10+/t23-/m0/s1. The molecule has 39 heavy (non-hydrogen) atoms. The molecule has 3 aromatic carbocycles. The van der Waals surface area contributed by atoms with Crippen molar-refractivity contribution < 1.29 is 14.0 Å². The Balaban J connectivity index is 1.54. The van der Waals surface area contributed by atoms with Crippen molar-refractivity contribution in [1.82, 2.24) is 5.32 Å². The molecule has 0 saturated heterocycles. The molecule has 2 amide bonds. The van der Waals surface area contributed by atoms with Crippen molar-refractivity contribution >= 4 is 17.5 Å². The van der Waals surface area contributed by atoms with Crippen molar-refractivity contribution in [3.8, 4) is 11.1 Å². The normalized spacial score (nSPS) is 14.3. The predicted molar refractivity (Wildman–Crippen MR) is 156 cm³/mol. The summed E-state index contributed by atoms with van der Waals surface area (Å²) in [5, 5.41) is 3.09. The van der Waals surface area contributed by atoms with Gasteiger partial charge in [0.15, 0.2) is 0 Å². The minimum atomic E-state index is -0.518. The first kappa shape index (κ1) is 27.8. The first-order chi connectivity index (χ1) is 18.8. The van der Waals surface area contributed by atoms with E-state index in [0.29, 0.717) is 28.8 Å². The molecule has 1 aliphatic heterocycles. The summed E-state index contributed by atoms with van der Waals surface area (Å²) in [6, 6.07) is 17.7. The number of amides is 2. The van der Waals surface area contributed by atoms with Gasteiger partial charge in [-0.05, 0) is 86.2 Å². The van der Waals surface area contributed by atoms with Crippen molar-refractivity contribution in [1.29, 1.82) is 0 Å². The number of hydrogen-bond donors (Lipinski definition) is 2. The third-order valence-corrected chi connectivity index (χ3v) is 7.23. The second-order valence-corrected chi connectivity index (χ2v) is 10.0. The van der Waals surface area contributed by atoms with Crippen LogP contribution in [0.15, 0.2) is 84.5 Å². The molecule has 0 fully saturated rings. The van der Waals surface area contributed by atoms with Gasteiger partial charge in [0.2, 0.25) is 5.91 Å². The third-order valence-electron chi connectivity index (χ3n) is 7.23. The van der Waals surface area contributed by atoms with Gasteiger partial charge in [-0.25, -0.2) is 4.39 Å². The van der Waals surface area contributed by atoms with E-state index in [4.69, 9.17) is 5.73 Å². The Bertz CT molecular complexity index is 1430. The van der Waals surface area contributed by atoms with Gasteiger partial charge in [0.05, 0.1) is 0 Å². The van der Waals surface area contributed by atoms with Gasteiger partial charge in [-0.15, -0.1) is 0 Å². The number of nitrogens with zero attached hydrogens (tertiary/aromatic N) is 1. The SMILES string of the molecule is CC/C=C\C=C(/C)[C@H](C)NC(=O)c1ccc2c(c1)CCCN2Cc1cc(-c2ccccc2C(N)=O)ccc1F. The van der Waals surface area contributed by atoms with Crippen LogP contribution in [-0.4, -0.2) is 24.4 Å². The summed E-state index contributed by atoms with van der Waals surface area (Å²) in [5.74, 6) is -0.929. The average Bonchev–Trinajstić information content (AvgIpc) is 2.94. The van der Waals surface area contributed by atoms with Crippen LogP contribution in [0.25, 0.3) is 11.1 Å². The summed E-state index contributed by atoms with van der Waals surface area (Å²) in [5.41, 5.74) is 11.7. The Morgan fingerprint density at radius 2 is 1.92 bits per heavy atom. The topological polar surface area (TPSA) is 75.4 Å². The van der Waals surface area contributed by atoms with Gasteiger partial charge < -0.3 is 16.0 Å². The Hall–Kier alpha value is -4.19. The van der Waals surface area contributed by atoms with Crippen LogP contribution in [0, 0.1) is 5.82 Å². The van der Waals surface area contributed by atoms with Gasteiger partial charge in [-0.1, -0.05) is 55.0 Å². The van der Waals surface area contributed by atoms with Crippen LogP contribution in [0.2, 0.25) is 0 Å². The lowest BCUT2D eigenvalue weighted by Gasteiger charge is -2.32. The molecule has 6 heteroatoms. The van der Waals surface area contributed by atoms with E-state index in [0.717, 1.165) is 48.2 Å². The number of nitrogens with two attached hydrogens (primary N) is 1. The summed E-state index contributed by atoms with van der Waals surface area (Å²) in [4.78, 5) is 27.1. The Labute approximate surface area is 230 Å². The zero-order valence-corrected chi connectivity index (χ0v) is 22.8. The highest BCUT2D eigenvalue weighted by Gasteiger charge is 2.21. The number of nitrogens with one attached hydrogen (secondary N) is 1. The molecule has 1 heterocycles. The van der Waals surface area contributed by atoms with Crippen LogP contribution in [0.5, 0.6) is 0 Å². The zero-order chi connectivity index (χ0) is 27.9. The summed E-state index contributed by atoms with van der Waals surface area (Å²) in [7, 11) is 0. The van der Waals surface area contributed by atoms with Crippen LogP contribution in [0.3, 0.4) is 0 Å². The predicted octanol–water partition coefficient (Wildman–Crippen LogP) is 6.58. The lowest BCUT2D eigenvalue weighted by atomic mass is 9.96. The Morgan fingerprint density at radius 1 is 1.13 bits per heavy atom. The van der Waals surface area contributed by atoms with E-state index in [1.807, 2.05) is 56.3 Å². The van der Waals surface area contributed by atoms with Crippen LogP contribution >= 0.6 is 0 Å². The van der Waals surface area contributed by atoms with Gasteiger partial charge in [0.25, 0.3) is 5.91 Å². The molecule has 3 aromatic rings. The van der Waals surface area contributed by atoms with Gasteiger partial charge in [0.1, 0.15) is 5.82 Å². The number of allylic oxidation sites excluding steroid dienone is 3. The molecular formula is C33H36FN3O2. The van der Waals surface area contributed by atoms with E-state index in [1.54, 1.807) is 24.3 Å². The monoisotopic (exact) mass is 525 g/mol. The lowest BCUT2D eigenvalue weighted by molar-refractivity contribution is 0.0944. The summed E-state index contributed by atoms with van der Waals surface area (Å²) < 4.78 is 14.9. The first-order valence-corrected chi connectivity index (χ1v) is 13.5. The number of fused-ring (bicyclic) bond motifs is 1. The second-order valence-electron chi connectivity index (χ2n) is 10.0. The molecule has 0 unspecified atom stereocenters. The van der Waals surface area contributed by atoms with Crippen molar-refractivity contribution in [3.63, 3.8) is 0 Å². The maximum atomic E-state index is 14.9. The second kappa shape index (κ2) is 12.6. The fourth-order valence-electron chi connectivity index (χ4n) is 4.89. The fourth-order valence-corrected chi connectivity index (χ4v) is 4.89. The van der Waals surface area contributed by atoms with Crippen LogP contribution in [0.4, 0.5) is 10.1 Å². The molecular weight excluding hydrogens is 489 g/mol. The number of carbonyl (C=O) groups is 2. The number of rotatable bonds is 9. The number of aryl methyl sites for hydroxylation is 1. The van der Waals surface area contributed by atoms with Crippen LogP contribution in [-0.2, 0) is 13.0 Å². The van der Waals surface area contributed by atoms with Crippen molar-refractivity contribution in [2.75, 3.05) is 11.4 Å². The number of benzene rings is 3. The largest absolute Gasteiger partial charge is 0.367 e. The van der Waals surface area contributed by atoms with E-state index in [1.165, 1.54) is 6.07 Å². The maximum Gasteiger partial charge on any atom is 0.251 e. The molecule has 0 bridgehead atoms. The summed E-state index contributed by atoms with van der Waals surface area (Å²) in [6.07, 6.45) is 8.86. The minimum Gasteiger partial charge on any atom is -0.367 e. The molecule has 1 atom stereocenters. The Morgan fingerprint density at radius 3 is 2.69 bits per heavy atom. The molecule has 0 radical (unpaired) electrons. The number of carbonyl (C=O) groups excluding carboxylic acids is 2. The van der Waals surface area contributed by atoms with E-state index < -0.39 is 5.91 Å². The molecule has 0 aliphatic carbocycles. The van der Waals surface area contributed by atoms with E-state index in [9.17, 15) is 14.0 Å². The Kier molecular flexibility index (Phi) is 8.97. The van der Waals surface area contributed by atoms with E-state index in [-0.39, 0.29) is 17.8 Å². The molecule has 0 spiro atoms. The highest BCUT2D eigenvalue weighted by molar-refractivity contribution is 6.00. The molecule has 5 nitrogen and oxygen atoms in total. The summed E-state index contributed by atoms with van der Waals surface area (Å²) >= 11 is 0. The van der Waals surface area contributed by atoms with E-state index in [2.05, 4.69) is 23.2 Å². The molecule has 3 N–H and O–H groups in total. The molecule has 202 valence electrons. The van der Waals surface area contributed by atoms with Gasteiger partial charge >= 0.3 is 0 Å². The molecule has 0 saturated carbocycles. The minimum absolute atomic E-state index is 0.0820. The molecule has 0 aromatic heterocycles. The van der Waals surface area contributed by atoms with Crippen LogP contribution < -0.4 is 16.0 Å². The third kappa shape index (κ3) is 6.63.